The zero-order valence-electron chi connectivity index (χ0n) is 12.0. The third-order valence-electron chi connectivity index (χ3n) is 2.80. The second kappa shape index (κ2) is 7.40. The molecular weight excluding hydrogens is 282 g/mol. The van der Waals surface area contributed by atoms with E-state index in [2.05, 4.69) is 15.8 Å². The predicted octanol–water partition coefficient (Wildman–Crippen LogP) is 3.32. The molecule has 2 rings (SSSR count). The van der Waals surface area contributed by atoms with Gasteiger partial charge in [-0.2, -0.15) is 5.10 Å². The minimum Gasteiger partial charge on any atom is -0.497 e. The minimum absolute atomic E-state index is 0.448. The highest BCUT2D eigenvalue weighted by atomic mass is 32.1. The Balaban J connectivity index is 1.85. The molecule has 0 fully saturated rings. The second-order valence-electron chi connectivity index (χ2n) is 4.46. The lowest BCUT2D eigenvalue weighted by Crippen LogP contribution is -2.23. The molecule has 0 aromatic heterocycles. The van der Waals surface area contributed by atoms with E-state index in [0.717, 1.165) is 17.0 Å². The lowest BCUT2D eigenvalue weighted by Gasteiger charge is -2.07. The van der Waals surface area contributed by atoms with Crippen LogP contribution in [0.4, 0.5) is 5.69 Å². The Hall–Kier alpha value is -2.40. The van der Waals surface area contributed by atoms with Crippen LogP contribution in [0, 0.1) is 6.92 Å². The number of methoxy groups -OCH3 is 1. The molecule has 5 heteroatoms. The first-order valence-corrected chi connectivity index (χ1v) is 6.89. The quantitative estimate of drug-likeness (QED) is 0.516. The highest BCUT2D eigenvalue weighted by Gasteiger charge is 1.95. The van der Waals surface area contributed by atoms with Crippen molar-refractivity contribution in [2.24, 2.45) is 5.10 Å². The van der Waals surface area contributed by atoms with Crippen molar-refractivity contribution in [3.63, 3.8) is 0 Å². The van der Waals surface area contributed by atoms with Crippen LogP contribution in [0.5, 0.6) is 5.75 Å². The van der Waals surface area contributed by atoms with Crippen molar-refractivity contribution in [3.05, 3.63) is 59.7 Å². The maximum absolute atomic E-state index is 5.17. The molecule has 2 aromatic carbocycles. The van der Waals surface area contributed by atoms with Crippen molar-refractivity contribution in [2.75, 3.05) is 12.4 Å². The molecule has 108 valence electrons. The van der Waals surface area contributed by atoms with Crippen molar-refractivity contribution in [1.29, 1.82) is 0 Å². The van der Waals surface area contributed by atoms with E-state index in [4.69, 9.17) is 17.0 Å². The number of hydrogen-bond acceptors (Lipinski definition) is 3. The zero-order chi connectivity index (χ0) is 15.1. The van der Waals surface area contributed by atoms with Gasteiger partial charge in [-0.05, 0) is 61.1 Å². The molecule has 0 heterocycles. The monoisotopic (exact) mass is 299 g/mol. The maximum atomic E-state index is 5.17. The summed E-state index contributed by atoms with van der Waals surface area (Å²) in [5, 5.41) is 7.60. The molecule has 0 spiro atoms. The number of anilines is 1. The number of nitrogens with one attached hydrogen (secondary N) is 2. The smallest absolute Gasteiger partial charge is 0.191 e. The Morgan fingerprint density at radius 2 is 1.76 bits per heavy atom. The molecular formula is C16H17N3OS. The van der Waals surface area contributed by atoms with E-state index < -0.39 is 0 Å². The van der Waals surface area contributed by atoms with Gasteiger partial charge in [0, 0.05) is 5.69 Å². The highest BCUT2D eigenvalue weighted by molar-refractivity contribution is 7.80. The Morgan fingerprint density at radius 1 is 1.10 bits per heavy atom. The molecule has 0 aliphatic rings. The van der Waals surface area contributed by atoms with Gasteiger partial charge in [0.15, 0.2) is 5.11 Å². The van der Waals surface area contributed by atoms with Gasteiger partial charge in [-0.3, -0.25) is 5.43 Å². The van der Waals surface area contributed by atoms with Crippen LogP contribution >= 0.6 is 12.2 Å². The van der Waals surface area contributed by atoms with E-state index in [0.29, 0.717) is 5.11 Å². The Labute approximate surface area is 129 Å². The van der Waals surface area contributed by atoms with Crippen LogP contribution < -0.4 is 15.5 Å². The van der Waals surface area contributed by atoms with Crippen LogP contribution in [0.1, 0.15) is 11.1 Å². The van der Waals surface area contributed by atoms with Gasteiger partial charge in [-0.25, -0.2) is 0 Å². The van der Waals surface area contributed by atoms with Gasteiger partial charge in [0.05, 0.1) is 13.3 Å². The standard InChI is InChI=1S/C16H17N3OS/c1-12-3-7-14(8-4-12)18-16(21)19-17-11-13-5-9-15(20-2)10-6-13/h3-11H,1-2H3,(H2,18,19,21)/b17-11+. The highest BCUT2D eigenvalue weighted by Crippen LogP contribution is 2.10. The zero-order valence-corrected chi connectivity index (χ0v) is 12.8. The summed E-state index contributed by atoms with van der Waals surface area (Å²) in [6, 6.07) is 15.6. The summed E-state index contributed by atoms with van der Waals surface area (Å²) in [5.74, 6) is 0.816. The van der Waals surface area contributed by atoms with E-state index in [1.807, 2.05) is 55.5 Å². The molecule has 0 saturated carbocycles. The summed E-state index contributed by atoms with van der Waals surface area (Å²) in [5.41, 5.74) is 5.88. The van der Waals surface area contributed by atoms with Crippen LogP contribution in [-0.2, 0) is 0 Å². The number of aryl methyl sites for hydroxylation is 1. The third-order valence-corrected chi connectivity index (χ3v) is 3.00. The van der Waals surface area contributed by atoms with E-state index in [9.17, 15) is 0 Å². The fourth-order valence-electron chi connectivity index (χ4n) is 1.65. The van der Waals surface area contributed by atoms with E-state index in [1.54, 1.807) is 13.3 Å². The molecule has 21 heavy (non-hydrogen) atoms. The molecule has 0 amide bonds. The molecule has 0 saturated heterocycles. The number of ether oxygens (including phenoxy) is 1. The minimum atomic E-state index is 0.448. The Kier molecular flexibility index (Phi) is 5.29. The van der Waals surface area contributed by atoms with Crippen LogP contribution in [0.25, 0.3) is 0 Å². The van der Waals surface area contributed by atoms with Gasteiger partial charge in [0.25, 0.3) is 0 Å². The summed E-state index contributed by atoms with van der Waals surface area (Å²) in [6.07, 6.45) is 1.70. The van der Waals surface area contributed by atoms with Crippen molar-refractivity contribution in [1.82, 2.24) is 5.43 Å². The summed E-state index contributed by atoms with van der Waals surface area (Å²) in [4.78, 5) is 0. The maximum Gasteiger partial charge on any atom is 0.191 e. The second-order valence-corrected chi connectivity index (χ2v) is 4.87. The molecule has 0 bridgehead atoms. The SMILES string of the molecule is COc1ccc(/C=N/NC(=S)Nc2ccc(C)cc2)cc1. The third kappa shape index (κ3) is 4.89. The Morgan fingerprint density at radius 3 is 2.38 bits per heavy atom. The normalized spacial score (nSPS) is 10.4. The van der Waals surface area contributed by atoms with E-state index >= 15 is 0 Å². The predicted molar refractivity (Wildman–Crippen MR) is 91.1 cm³/mol. The van der Waals surface area contributed by atoms with Gasteiger partial charge < -0.3 is 10.1 Å². The average Bonchev–Trinajstić information content (AvgIpc) is 2.50. The number of hydrogen-bond donors (Lipinski definition) is 2. The summed E-state index contributed by atoms with van der Waals surface area (Å²) >= 11 is 5.17. The number of benzene rings is 2. The number of nitrogens with zero attached hydrogens (tertiary/aromatic N) is 1. The number of thiocarbonyl (C=S) groups is 1. The summed E-state index contributed by atoms with van der Waals surface area (Å²) in [6.45, 7) is 2.04. The fourth-order valence-corrected chi connectivity index (χ4v) is 1.82. The Bertz CT molecular complexity index is 621. The van der Waals surface area contributed by atoms with Crippen molar-refractivity contribution >= 4 is 29.2 Å². The lowest BCUT2D eigenvalue weighted by atomic mass is 10.2. The van der Waals surface area contributed by atoms with Crippen LogP contribution in [0.2, 0.25) is 0 Å². The van der Waals surface area contributed by atoms with Crippen LogP contribution in [0.3, 0.4) is 0 Å². The lowest BCUT2D eigenvalue weighted by molar-refractivity contribution is 0.415. The summed E-state index contributed by atoms with van der Waals surface area (Å²) < 4.78 is 5.10. The first kappa shape index (κ1) is 15.0. The molecule has 0 atom stereocenters. The van der Waals surface area contributed by atoms with Gasteiger partial charge in [0.1, 0.15) is 5.75 Å². The van der Waals surface area contributed by atoms with Crippen molar-refractivity contribution < 1.29 is 4.74 Å². The first-order chi connectivity index (χ1) is 10.2. The van der Waals surface area contributed by atoms with Crippen LogP contribution in [0.15, 0.2) is 53.6 Å². The molecule has 0 unspecified atom stereocenters. The average molecular weight is 299 g/mol. The fraction of sp³-hybridized carbons (Fsp3) is 0.125. The van der Waals surface area contributed by atoms with Crippen molar-refractivity contribution in [2.45, 2.75) is 6.92 Å². The topological polar surface area (TPSA) is 45.6 Å². The molecule has 4 nitrogen and oxygen atoms in total. The number of rotatable bonds is 4. The van der Waals surface area contributed by atoms with Crippen molar-refractivity contribution in [3.8, 4) is 5.75 Å². The molecule has 0 aliphatic heterocycles. The van der Waals surface area contributed by atoms with Crippen LogP contribution in [-0.4, -0.2) is 18.4 Å². The molecule has 2 N–H and O–H groups in total. The summed E-state index contributed by atoms with van der Waals surface area (Å²) in [7, 11) is 1.64. The number of hydrazone groups is 1. The van der Waals surface area contributed by atoms with Gasteiger partial charge in [0.2, 0.25) is 0 Å². The molecule has 0 radical (unpaired) electrons. The molecule has 2 aromatic rings. The molecule has 0 aliphatic carbocycles. The van der Waals surface area contributed by atoms with Gasteiger partial charge in [-0.1, -0.05) is 17.7 Å². The van der Waals surface area contributed by atoms with Gasteiger partial charge >= 0.3 is 0 Å². The largest absolute Gasteiger partial charge is 0.497 e. The first-order valence-electron chi connectivity index (χ1n) is 6.48. The van der Waals surface area contributed by atoms with E-state index in [-0.39, 0.29) is 0 Å². The van der Waals surface area contributed by atoms with Gasteiger partial charge in [-0.15, -0.1) is 0 Å². The van der Waals surface area contributed by atoms with E-state index in [1.165, 1.54) is 5.56 Å².